The molecule has 0 saturated heterocycles. The topological polar surface area (TPSA) is 76.1 Å². The molecule has 0 saturated carbocycles. The Hall–Kier alpha value is -2.63. The van der Waals surface area contributed by atoms with Gasteiger partial charge in [-0.1, -0.05) is 13.0 Å². The molecule has 2 aromatic rings. The van der Waals surface area contributed by atoms with Gasteiger partial charge in [0.15, 0.2) is 0 Å². The van der Waals surface area contributed by atoms with Crippen LogP contribution in [0.3, 0.4) is 0 Å². The quantitative estimate of drug-likeness (QED) is 0.857. The van der Waals surface area contributed by atoms with Crippen LogP contribution in [0.2, 0.25) is 0 Å². The Balaban J connectivity index is 2.21. The molecule has 1 aromatic heterocycles. The standard InChI is InChI=1S/C17H22N4O2/c1-5-11(2)18-17(22)15-10-16(20-12(3)19-15)21-13-7-6-8-14(9-13)23-4/h6-11H,5H2,1-4H3,(H,18,22)(H,19,20,21). The number of carbonyl (C=O) groups is 1. The lowest BCUT2D eigenvalue weighted by molar-refractivity contribution is 0.0934. The molecule has 23 heavy (non-hydrogen) atoms. The number of carbonyl (C=O) groups excluding carboxylic acids is 1. The summed E-state index contributed by atoms with van der Waals surface area (Å²) in [5, 5.41) is 6.08. The highest BCUT2D eigenvalue weighted by Crippen LogP contribution is 2.20. The Labute approximate surface area is 136 Å². The molecular weight excluding hydrogens is 292 g/mol. The third kappa shape index (κ3) is 4.67. The van der Waals surface area contributed by atoms with Crippen molar-refractivity contribution in [3.63, 3.8) is 0 Å². The molecule has 0 aliphatic rings. The molecule has 1 amide bonds. The molecule has 0 radical (unpaired) electrons. The van der Waals surface area contributed by atoms with Gasteiger partial charge in [0, 0.05) is 23.9 Å². The summed E-state index contributed by atoms with van der Waals surface area (Å²) in [7, 11) is 1.62. The van der Waals surface area contributed by atoms with E-state index in [0.29, 0.717) is 17.3 Å². The number of hydrogen-bond acceptors (Lipinski definition) is 5. The van der Waals surface area contributed by atoms with Crippen LogP contribution in [0.1, 0.15) is 36.6 Å². The van der Waals surface area contributed by atoms with E-state index in [9.17, 15) is 4.79 Å². The van der Waals surface area contributed by atoms with Crippen molar-refractivity contribution in [3.8, 4) is 5.75 Å². The van der Waals surface area contributed by atoms with Gasteiger partial charge in [0.25, 0.3) is 5.91 Å². The van der Waals surface area contributed by atoms with E-state index in [4.69, 9.17) is 4.74 Å². The van der Waals surface area contributed by atoms with Gasteiger partial charge >= 0.3 is 0 Å². The van der Waals surface area contributed by atoms with Gasteiger partial charge in [-0.2, -0.15) is 0 Å². The molecule has 1 atom stereocenters. The SMILES string of the molecule is CCC(C)NC(=O)c1cc(Nc2cccc(OC)c2)nc(C)n1. The number of nitrogens with one attached hydrogen (secondary N) is 2. The number of nitrogens with zero attached hydrogens (tertiary/aromatic N) is 2. The smallest absolute Gasteiger partial charge is 0.270 e. The minimum absolute atomic E-state index is 0.104. The number of aromatic nitrogens is 2. The number of rotatable bonds is 6. The minimum Gasteiger partial charge on any atom is -0.497 e. The molecule has 0 bridgehead atoms. The fourth-order valence-electron chi connectivity index (χ4n) is 2.00. The number of anilines is 2. The second-order valence-electron chi connectivity index (χ2n) is 5.33. The van der Waals surface area contributed by atoms with E-state index in [1.165, 1.54) is 0 Å². The number of methoxy groups -OCH3 is 1. The van der Waals surface area contributed by atoms with Crippen molar-refractivity contribution in [2.24, 2.45) is 0 Å². The van der Waals surface area contributed by atoms with Crippen LogP contribution in [-0.4, -0.2) is 29.0 Å². The summed E-state index contributed by atoms with van der Waals surface area (Å²) in [5.74, 6) is 1.65. The molecule has 122 valence electrons. The molecular formula is C17H22N4O2. The van der Waals surface area contributed by atoms with E-state index < -0.39 is 0 Å². The fourth-order valence-corrected chi connectivity index (χ4v) is 2.00. The first-order valence-electron chi connectivity index (χ1n) is 7.59. The number of aryl methyl sites for hydroxylation is 1. The molecule has 0 aliphatic heterocycles. The lowest BCUT2D eigenvalue weighted by atomic mass is 10.2. The van der Waals surface area contributed by atoms with Gasteiger partial charge in [0.2, 0.25) is 0 Å². The molecule has 2 N–H and O–H groups in total. The van der Waals surface area contributed by atoms with Crippen LogP contribution in [0.5, 0.6) is 5.75 Å². The molecule has 1 heterocycles. The molecule has 2 rings (SSSR count). The molecule has 0 spiro atoms. The largest absolute Gasteiger partial charge is 0.497 e. The lowest BCUT2D eigenvalue weighted by Gasteiger charge is -2.12. The summed E-state index contributed by atoms with van der Waals surface area (Å²) in [5.41, 5.74) is 1.18. The van der Waals surface area contributed by atoms with Crippen molar-refractivity contribution in [3.05, 3.63) is 41.9 Å². The van der Waals surface area contributed by atoms with Crippen LogP contribution >= 0.6 is 0 Å². The second kappa shape index (κ2) is 7.58. The summed E-state index contributed by atoms with van der Waals surface area (Å²) in [6, 6.07) is 9.25. The van der Waals surface area contributed by atoms with Gasteiger partial charge in [0.05, 0.1) is 7.11 Å². The van der Waals surface area contributed by atoms with Crippen LogP contribution in [0.4, 0.5) is 11.5 Å². The molecule has 6 heteroatoms. The highest BCUT2D eigenvalue weighted by molar-refractivity contribution is 5.93. The van der Waals surface area contributed by atoms with Crippen molar-refractivity contribution in [2.75, 3.05) is 12.4 Å². The van der Waals surface area contributed by atoms with Crippen molar-refractivity contribution >= 4 is 17.4 Å². The van der Waals surface area contributed by atoms with Gasteiger partial charge in [-0.25, -0.2) is 9.97 Å². The van der Waals surface area contributed by atoms with E-state index >= 15 is 0 Å². The van der Waals surface area contributed by atoms with E-state index in [0.717, 1.165) is 17.9 Å². The molecule has 0 fully saturated rings. The number of amides is 1. The van der Waals surface area contributed by atoms with Crippen LogP contribution in [0.15, 0.2) is 30.3 Å². The Kier molecular flexibility index (Phi) is 5.51. The lowest BCUT2D eigenvalue weighted by Crippen LogP contribution is -2.32. The average molecular weight is 314 g/mol. The monoisotopic (exact) mass is 314 g/mol. The maximum absolute atomic E-state index is 12.2. The summed E-state index contributed by atoms with van der Waals surface area (Å²) >= 11 is 0. The van der Waals surface area contributed by atoms with Crippen LogP contribution in [0, 0.1) is 6.92 Å². The third-order valence-corrected chi connectivity index (χ3v) is 3.40. The van der Waals surface area contributed by atoms with Crippen molar-refractivity contribution in [1.82, 2.24) is 15.3 Å². The highest BCUT2D eigenvalue weighted by atomic mass is 16.5. The number of benzene rings is 1. The average Bonchev–Trinajstić information content (AvgIpc) is 2.54. The Morgan fingerprint density at radius 2 is 2.09 bits per heavy atom. The Bertz CT molecular complexity index is 688. The molecule has 1 unspecified atom stereocenters. The number of ether oxygens (including phenoxy) is 1. The van der Waals surface area contributed by atoms with Crippen LogP contribution in [-0.2, 0) is 0 Å². The maximum Gasteiger partial charge on any atom is 0.270 e. The Morgan fingerprint density at radius 3 is 2.78 bits per heavy atom. The Morgan fingerprint density at radius 1 is 1.30 bits per heavy atom. The first-order chi connectivity index (χ1) is 11.0. The summed E-state index contributed by atoms with van der Waals surface area (Å²) in [6.45, 7) is 5.74. The predicted octanol–water partition coefficient (Wildman–Crippen LogP) is 3.07. The zero-order valence-corrected chi connectivity index (χ0v) is 13.9. The zero-order valence-electron chi connectivity index (χ0n) is 13.9. The summed E-state index contributed by atoms with van der Waals surface area (Å²) < 4.78 is 5.20. The van der Waals surface area contributed by atoms with Crippen molar-refractivity contribution in [1.29, 1.82) is 0 Å². The van der Waals surface area contributed by atoms with E-state index in [1.807, 2.05) is 38.1 Å². The molecule has 6 nitrogen and oxygen atoms in total. The normalized spacial score (nSPS) is 11.7. The van der Waals surface area contributed by atoms with Gasteiger partial charge in [-0.05, 0) is 32.4 Å². The fraction of sp³-hybridized carbons (Fsp3) is 0.353. The van der Waals surface area contributed by atoms with Crippen molar-refractivity contribution < 1.29 is 9.53 Å². The van der Waals surface area contributed by atoms with Crippen LogP contribution in [0.25, 0.3) is 0 Å². The third-order valence-electron chi connectivity index (χ3n) is 3.40. The van der Waals surface area contributed by atoms with E-state index in [2.05, 4.69) is 20.6 Å². The maximum atomic E-state index is 12.2. The van der Waals surface area contributed by atoms with Gasteiger partial charge < -0.3 is 15.4 Å². The number of hydrogen-bond donors (Lipinski definition) is 2. The second-order valence-corrected chi connectivity index (χ2v) is 5.33. The van der Waals surface area contributed by atoms with Gasteiger partial charge in [0.1, 0.15) is 23.1 Å². The minimum atomic E-state index is -0.196. The molecule has 0 aliphatic carbocycles. The van der Waals surface area contributed by atoms with E-state index in [-0.39, 0.29) is 11.9 Å². The summed E-state index contributed by atoms with van der Waals surface area (Å²) in [6.07, 6.45) is 0.866. The van der Waals surface area contributed by atoms with Gasteiger partial charge in [-0.3, -0.25) is 4.79 Å². The predicted molar refractivity (Wildman–Crippen MR) is 90.3 cm³/mol. The van der Waals surface area contributed by atoms with Crippen molar-refractivity contribution in [2.45, 2.75) is 33.2 Å². The first kappa shape index (κ1) is 16.7. The zero-order chi connectivity index (χ0) is 16.8. The molecule has 1 aromatic carbocycles. The van der Waals surface area contributed by atoms with Crippen LogP contribution < -0.4 is 15.4 Å². The highest BCUT2D eigenvalue weighted by Gasteiger charge is 2.12. The first-order valence-corrected chi connectivity index (χ1v) is 7.59. The summed E-state index contributed by atoms with van der Waals surface area (Å²) in [4.78, 5) is 20.8. The van der Waals surface area contributed by atoms with E-state index in [1.54, 1.807) is 20.1 Å². The van der Waals surface area contributed by atoms with Gasteiger partial charge in [-0.15, -0.1) is 0 Å².